The van der Waals surface area contributed by atoms with Gasteiger partial charge in [0.15, 0.2) is 0 Å². The van der Waals surface area contributed by atoms with Crippen molar-refractivity contribution in [3.8, 4) is 11.3 Å². The number of hydrogen-bond donors (Lipinski definition) is 1. The summed E-state index contributed by atoms with van der Waals surface area (Å²) in [5, 5.41) is 0. The van der Waals surface area contributed by atoms with Gasteiger partial charge in [0.1, 0.15) is 5.69 Å². The van der Waals surface area contributed by atoms with Gasteiger partial charge in [0.25, 0.3) is 5.56 Å². The Morgan fingerprint density at radius 2 is 1.81 bits per heavy atom. The van der Waals surface area contributed by atoms with Gasteiger partial charge in [0.05, 0.1) is 30.3 Å². The SMILES string of the molecule is CCc1nc(-c2ccccc2)cn(Nc2ccc(C(=O)OC)cc2)c1=O. The molecule has 3 rings (SSSR count). The third kappa shape index (κ3) is 3.64. The zero-order valence-electron chi connectivity index (χ0n) is 14.6. The molecule has 6 nitrogen and oxygen atoms in total. The van der Waals surface area contributed by atoms with Crippen molar-refractivity contribution in [2.45, 2.75) is 13.3 Å². The minimum absolute atomic E-state index is 0.204. The second-order valence-electron chi connectivity index (χ2n) is 5.65. The molecule has 0 fully saturated rings. The molecule has 0 radical (unpaired) electrons. The average Bonchev–Trinajstić information content (AvgIpc) is 2.70. The molecule has 3 aromatic rings. The highest BCUT2D eigenvalue weighted by molar-refractivity contribution is 5.89. The van der Waals surface area contributed by atoms with Crippen molar-refractivity contribution in [3.05, 3.63) is 82.4 Å². The Labute approximate surface area is 151 Å². The number of carbonyl (C=O) groups is 1. The zero-order valence-corrected chi connectivity index (χ0v) is 14.6. The van der Waals surface area contributed by atoms with E-state index in [-0.39, 0.29) is 5.56 Å². The molecule has 1 aromatic heterocycles. The molecule has 132 valence electrons. The van der Waals surface area contributed by atoms with Crippen LogP contribution in [0.2, 0.25) is 0 Å². The highest BCUT2D eigenvalue weighted by Gasteiger charge is 2.10. The van der Waals surface area contributed by atoms with E-state index in [4.69, 9.17) is 0 Å². The summed E-state index contributed by atoms with van der Waals surface area (Å²) in [6, 6.07) is 16.4. The van der Waals surface area contributed by atoms with Crippen LogP contribution in [0.15, 0.2) is 65.6 Å². The number of rotatable bonds is 5. The summed E-state index contributed by atoms with van der Waals surface area (Å²) in [7, 11) is 1.34. The van der Waals surface area contributed by atoms with Gasteiger partial charge in [-0.1, -0.05) is 37.3 Å². The topological polar surface area (TPSA) is 73.2 Å². The van der Waals surface area contributed by atoms with E-state index in [2.05, 4.69) is 15.1 Å². The molecule has 26 heavy (non-hydrogen) atoms. The molecule has 1 heterocycles. The largest absolute Gasteiger partial charge is 0.465 e. The lowest BCUT2D eigenvalue weighted by Crippen LogP contribution is -2.30. The van der Waals surface area contributed by atoms with E-state index in [1.165, 1.54) is 11.8 Å². The minimum atomic E-state index is -0.405. The predicted molar refractivity (Wildman–Crippen MR) is 100 cm³/mol. The summed E-state index contributed by atoms with van der Waals surface area (Å²) in [4.78, 5) is 28.6. The molecule has 6 heteroatoms. The van der Waals surface area contributed by atoms with E-state index in [0.717, 1.165) is 5.56 Å². The van der Waals surface area contributed by atoms with Crippen LogP contribution < -0.4 is 11.0 Å². The van der Waals surface area contributed by atoms with Crippen LogP contribution in [0.4, 0.5) is 5.69 Å². The number of esters is 1. The number of nitrogens with zero attached hydrogens (tertiary/aromatic N) is 2. The fraction of sp³-hybridized carbons (Fsp3) is 0.150. The van der Waals surface area contributed by atoms with Gasteiger partial charge in [-0.3, -0.25) is 10.2 Å². The van der Waals surface area contributed by atoms with E-state index in [1.807, 2.05) is 37.3 Å². The highest BCUT2D eigenvalue weighted by atomic mass is 16.5. The number of methoxy groups -OCH3 is 1. The third-order valence-electron chi connectivity index (χ3n) is 3.93. The summed E-state index contributed by atoms with van der Waals surface area (Å²) in [6.07, 6.45) is 2.20. The number of aryl methyl sites for hydroxylation is 1. The van der Waals surface area contributed by atoms with Crippen LogP contribution in [-0.4, -0.2) is 22.7 Å². The molecular weight excluding hydrogens is 330 g/mol. The van der Waals surface area contributed by atoms with Crippen LogP contribution >= 0.6 is 0 Å². The van der Waals surface area contributed by atoms with Gasteiger partial charge in [0.2, 0.25) is 0 Å². The fourth-order valence-electron chi connectivity index (χ4n) is 2.54. The molecule has 0 unspecified atom stereocenters. The first-order chi connectivity index (χ1) is 12.6. The number of nitrogens with one attached hydrogen (secondary N) is 1. The zero-order chi connectivity index (χ0) is 18.5. The maximum absolute atomic E-state index is 12.6. The predicted octanol–water partition coefficient (Wildman–Crippen LogP) is 3.13. The summed E-state index contributed by atoms with van der Waals surface area (Å²) in [5.41, 5.74) is 6.08. The molecule has 0 aliphatic carbocycles. The van der Waals surface area contributed by atoms with Gasteiger partial charge in [0, 0.05) is 5.56 Å². The fourth-order valence-corrected chi connectivity index (χ4v) is 2.54. The Hall–Kier alpha value is -3.41. The van der Waals surface area contributed by atoms with Crippen LogP contribution in [0, 0.1) is 0 Å². The Balaban J connectivity index is 1.96. The standard InChI is InChI=1S/C20H19N3O3/c1-3-17-19(24)23(13-18(21-17)14-7-5-4-6-8-14)22-16-11-9-15(10-12-16)20(25)26-2/h4-13,22H,3H2,1-2H3. The molecule has 0 aliphatic rings. The Morgan fingerprint density at radius 1 is 1.12 bits per heavy atom. The lowest BCUT2D eigenvalue weighted by molar-refractivity contribution is 0.0601. The number of ether oxygens (including phenoxy) is 1. The van der Waals surface area contributed by atoms with Gasteiger partial charge >= 0.3 is 5.97 Å². The van der Waals surface area contributed by atoms with Crippen molar-refractivity contribution in [3.63, 3.8) is 0 Å². The third-order valence-corrected chi connectivity index (χ3v) is 3.93. The Bertz CT molecular complexity index is 964. The van der Waals surface area contributed by atoms with Crippen molar-refractivity contribution in [2.24, 2.45) is 0 Å². The smallest absolute Gasteiger partial charge is 0.337 e. The van der Waals surface area contributed by atoms with Crippen molar-refractivity contribution in [1.82, 2.24) is 9.66 Å². The first kappa shape index (κ1) is 17.4. The average molecular weight is 349 g/mol. The molecule has 0 aliphatic heterocycles. The monoisotopic (exact) mass is 349 g/mol. The van der Waals surface area contributed by atoms with Crippen LogP contribution in [0.25, 0.3) is 11.3 Å². The molecule has 0 amide bonds. The number of hydrogen-bond acceptors (Lipinski definition) is 5. The van der Waals surface area contributed by atoms with Crippen LogP contribution in [0.1, 0.15) is 23.0 Å². The number of aromatic nitrogens is 2. The van der Waals surface area contributed by atoms with E-state index >= 15 is 0 Å². The van der Waals surface area contributed by atoms with Crippen LogP contribution in [0.3, 0.4) is 0 Å². The van der Waals surface area contributed by atoms with Gasteiger partial charge in [-0.05, 0) is 30.7 Å². The lowest BCUT2D eigenvalue weighted by Gasteiger charge is -2.13. The van der Waals surface area contributed by atoms with E-state index in [9.17, 15) is 9.59 Å². The van der Waals surface area contributed by atoms with E-state index in [0.29, 0.717) is 29.1 Å². The summed E-state index contributed by atoms with van der Waals surface area (Å²) in [6.45, 7) is 1.90. The van der Waals surface area contributed by atoms with Crippen molar-refractivity contribution < 1.29 is 9.53 Å². The maximum atomic E-state index is 12.6. The van der Waals surface area contributed by atoms with Gasteiger partial charge in [-0.2, -0.15) is 0 Å². The Kier molecular flexibility index (Phi) is 5.12. The lowest BCUT2D eigenvalue weighted by atomic mass is 10.1. The minimum Gasteiger partial charge on any atom is -0.465 e. The number of carbonyl (C=O) groups excluding carboxylic acids is 1. The quantitative estimate of drug-likeness (QED) is 0.717. The highest BCUT2D eigenvalue weighted by Crippen LogP contribution is 2.16. The molecule has 0 spiro atoms. The van der Waals surface area contributed by atoms with E-state index < -0.39 is 5.97 Å². The second-order valence-corrected chi connectivity index (χ2v) is 5.65. The first-order valence-electron chi connectivity index (χ1n) is 8.25. The Morgan fingerprint density at radius 3 is 2.42 bits per heavy atom. The number of anilines is 1. The summed E-state index contributed by atoms with van der Waals surface area (Å²) < 4.78 is 6.10. The van der Waals surface area contributed by atoms with Crippen LogP contribution in [-0.2, 0) is 11.2 Å². The normalized spacial score (nSPS) is 10.4. The molecule has 2 aromatic carbocycles. The first-order valence-corrected chi connectivity index (χ1v) is 8.25. The van der Waals surface area contributed by atoms with Crippen LogP contribution in [0.5, 0.6) is 0 Å². The summed E-state index contributed by atoms with van der Waals surface area (Å²) >= 11 is 0. The summed E-state index contributed by atoms with van der Waals surface area (Å²) in [5.74, 6) is -0.405. The molecule has 1 N–H and O–H groups in total. The molecule has 0 atom stereocenters. The van der Waals surface area contributed by atoms with Crippen molar-refractivity contribution in [1.29, 1.82) is 0 Å². The van der Waals surface area contributed by atoms with E-state index in [1.54, 1.807) is 30.5 Å². The second kappa shape index (κ2) is 7.65. The molecule has 0 saturated carbocycles. The number of benzene rings is 2. The molecular formula is C20H19N3O3. The van der Waals surface area contributed by atoms with Crippen molar-refractivity contribution >= 4 is 11.7 Å². The molecule has 0 bridgehead atoms. The molecule has 0 saturated heterocycles. The van der Waals surface area contributed by atoms with Gasteiger partial charge < -0.3 is 4.74 Å². The van der Waals surface area contributed by atoms with Crippen molar-refractivity contribution in [2.75, 3.05) is 12.5 Å². The van der Waals surface area contributed by atoms with Gasteiger partial charge in [-0.15, -0.1) is 0 Å². The van der Waals surface area contributed by atoms with Gasteiger partial charge in [-0.25, -0.2) is 14.5 Å². The maximum Gasteiger partial charge on any atom is 0.337 e.